The van der Waals surface area contributed by atoms with Crippen LogP contribution >= 0.6 is 11.3 Å². The third kappa shape index (κ3) is 6.88. The number of aliphatic hydroxyl groups excluding tert-OH is 2. The summed E-state index contributed by atoms with van der Waals surface area (Å²) in [6, 6.07) is 0. The summed E-state index contributed by atoms with van der Waals surface area (Å²) in [5.74, 6) is -1.21. The average molecular weight is 506 g/mol. The van der Waals surface area contributed by atoms with Gasteiger partial charge in [-0.25, -0.2) is 9.78 Å². The first kappa shape index (κ1) is 27.7. The molecule has 8 heteroatoms. The molecular formula is C27H39NO6S. The lowest BCUT2D eigenvalue weighted by molar-refractivity contribution is -0.141. The maximum absolute atomic E-state index is 13.1. The lowest BCUT2D eigenvalue weighted by Crippen LogP contribution is -2.38. The molecular weight excluding hydrogens is 466 g/mol. The fraction of sp³-hybridized carbons (Fsp3) is 0.667. The van der Waals surface area contributed by atoms with Crippen LogP contribution in [0.25, 0.3) is 6.08 Å². The molecule has 6 atom stereocenters. The van der Waals surface area contributed by atoms with E-state index in [1.165, 1.54) is 17.4 Å². The maximum atomic E-state index is 13.1. The number of esters is 1. The quantitative estimate of drug-likeness (QED) is 0.461. The normalized spacial score (nSPS) is 34.9. The van der Waals surface area contributed by atoms with Gasteiger partial charge in [-0.15, -0.1) is 11.3 Å². The van der Waals surface area contributed by atoms with E-state index in [-0.39, 0.29) is 30.0 Å². The summed E-state index contributed by atoms with van der Waals surface area (Å²) >= 11 is 1.37. The number of Topliss-reactive ketones (excluding diaryl/α,β-unsaturated/α-hetero) is 1. The second-order valence-corrected chi connectivity index (χ2v) is 11.8. The zero-order valence-corrected chi connectivity index (χ0v) is 22.4. The Morgan fingerprint density at radius 2 is 2.00 bits per heavy atom. The number of epoxide rings is 1. The van der Waals surface area contributed by atoms with Crippen LogP contribution in [0.1, 0.15) is 77.9 Å². The van der Waals surface area contributed by atoms with Gasteiger partial charge in [0, 0.05) is 29.2 Å². The van der Waals surface area contributed by atoms with Gasteiger partial charge in [0.15, 0.2) is 0 Å². The Hall–Kier alpha value is -1.87. The van der Waals surface area contributed by atoms with Gasteiger partial charge in [0.1, 0.15) is 16.9 Å². The number of aliphatic hydroxyl groups is 2. The highest BCUT2D eigenvalue weighted by Crippen LogP contribution is 2.45. The predicted octanol–water partition coefficient (Wildman–Crippen LogP) is 4.47. The summed E-state index contributed by atoms with van der Waals surface area (Å²) in [6.45, 7) is 11.1. The van der Waals surface area contributed by atoms with E-state index in [1.54, 1.807) is 26.8 Å². The third-order valence-electron chi connectivity index (χ3n) is 7.42. The van der Waals surface area contributed by atoms with Crippen molar-refractivity contribution in [1.29, 1.82) is 0 Å². The molecule has 3 heterocycles. The fourth-order valence-electron chi connectivity index (χ4n) is 4.84. The van der Waals surface area contributed by atoms with Gasteiger partial charge in [-0.2, -0.15) is 0 Å². The minimum Gasteiger partial charge on any atom is -0.455 e. The van der Waals surface area contributed by atoms with Gasteiger partial charge in [0.2, 0.25) is 0 Å². The van der Waals surface area contributed by atoms with Crippen LogP contribution in [-0.2, 0) is 25.7 Å². The number of fused-ring (bicyclic) bond motifs is 1. The molecule has 0 aromatic carbocycles. The van der Waals surface area contributed by atoms with Crippen molar-refractivity contribution < 1.29 is 29.3 Å². The summed E-state index contributed by atoms with van der Waals surface area (Å²) in [4.78, 5) is 30.3. The number of ether oxygens (including phenoxy) is 2. The van der Waals surface area contributed by atoms with Crippen molar-refractivity contribution in [2.24, 2.45) is 17.3 Å². The summed E-state index contributed by atoms with van der Waals surface area (Å²) in [6.07, 6.45) is 6.48. The van der Waals surface area contributed by atoms with Gasteiger partial charge in [-0.05, 0) is 58.1 Å². The molecule has 194 valence electrons. The van der Waals surface area contributed by atoms with Crippen molar-refractivity contribution in [3.8, 4) is 0 Å². The van der Waals surface area contributed by atoms with E-state index >= 15 is 0 Å². The Balaban J connectivity index is 1.86. The predicted molar refractivity (Wildman–Crippen MR) is 136 cm³/mol. The first-order valence-electron chi connectivity index (χ1n) is 12.4. The van der Waals surface area contributed by atoms with Crippen molar-refractivity contribution in [3.63, 3.8) is 0 Å². The number of aromatic nitrogens is 1. The Bertz CT molecular complexity index is 982. The molecule has 1 aromatic heterocycles. The number of rotatable bonds is 3. The number of carbonyl (C=O) groups excluding carboxylic acids is 2. The molecule has 0 bridgehead atoms. The van der Waals surface area contributed by atoms with E-state index in [0.717, 1.165) is 24.8 Å². The Labute approximate surface area is 212 Å². The number of carbonyl (C=O) groups is 2. The van der Waals surface area contributed by atoms with Gasteiger partial charge < -0.3 is 19.7 Å². The number of ketones is 1. The van der Waals surface area contributed by atoms with Crippen molar-refractivity contribution >= 4 is 29.2 Å². The van der Waals surface area contributed by atoms with Crippen LogP contribution in [0.4, 0.5) is 0 Å². The monoisotopic (exact) mass is 505 g/mol. The first-order chi connectivity index (χ1) is 16.4. The molecule has 2 unspecified atom stereocenters. The average Bonchev–Trinajstić information content (AvgIpc) is 3.22. The number of hydrogen-bond acceptors (Lipinski definition) is 8. The van der Waals surface area contributed by atoms with Crippen molar-refractivity contribution in [2.45, 2.75) is 97.7 Å². The molecule has 2 N–H and O–H groups in total. The second kappa shape index (κ2) is 11.0. The van der Waals surface area contributed by atoms with Crippen LogP contribution in [0.5, 0.6) is 0 Å². The highest BCUT2D eigenvalue weighted by molar-refractivity contribution is 7.09. The van der Waals surface area contributed by atoms with Crippen LogP contribution < -0.4 is 0 Å². The lowest BCUT2D eigenvalue weighted by atomic mass is 9.76. The van der Waals surface area contributed by atoms with Crippen molar-refractivity contribution in [3.05, 3.63) is 33.8 Å². The fourth-order valence-corrected chi connectivity index (χ4v) is 5.45. The van der Waals surface area contributed by atoms with Crippen LogP contribution in [0, 0.1) is 17.3 Å². The van der Waals surface area contributed by atoms with Crippen LogP contribution in [0.3, 0.4) is 0 Å². The van der Waals surface area contributed by atoms with E-state index in [4.69, 9.17) is 9.47 Å². The molecule has 2 aliphatic rings. The second-order valence-electron chi connectivity index (χ2n) is 10.9. The molecule has 0 aliphatic carbocycles. The van der Waals surface area contributed by atoms with Gasteiger partial charge in [0.25, 0.3) is 0 Å². The maximum Gasteiger partial charge on any atom is 0.331 e. The highest BCUT2D eigenvalue weighted by atomic mass is 32.1. The third-order valence-corrected chi connectivity index (χ3v) is 8.27. The molecule has 7 nitrogen and oxygen atoms in total. The molecule has 0 spiro atoms. The molecule has 0 radical (unpaired) electrons. The molecule has 1 aromatic rings. The summed E-state index contributed by atoms with van der Waals surface area (Å²) in [5, 5.41) is 22.6. The van der Waals surface area contributed by atoms with Gasteiger partial charge in [-0.3, -0.25) is 4.79 Å². The molecule has 1 fully saturated rings. The van der Waals surface area contributed by atoms with Crippen molar-refractivity contribution in [2.75, 3.05) is 0 Å². The van der Waals surface area contributed by atoms with Crippen LogP contribution in [0.2, 0.25) is 0 Å². The number of cyclic esters (lactones) is 1. The SMILES string of the molecule is CC(=Cc1csc(CO)n1)C1CC2O[C@]2(C)CCC[C@H](C)[C@H](O)[C@@H](C)C(=O)C(C)(C)C=CC(=O)O1. The number of nitrogens with zero attached hydrogens (tertiary/aromatic N) is 1. The minimum absolute atomic E-state index is 0.0211. The zero-order chi connectivity index (χ0) is 26.0. The Morgan fingerprint density at radius 3 is 2.66 bits per heavy atom. The molecule has 3 rings (SSSR count). The summed E-state index contributed by atoms with van der Waals surface area (Å²) < 4.78 is 11.9. The molecule has 0 amide bonds. The smallest absolute Gasteiger partial charge is 0.331 e. The van der Waals surface area contributed by atoms with Crippen LogP contribution in [-0.4, -0.2) is 50.9 Å². The largest absolute Gasteiger partial charge is 0.455 e. The highest BCUT2D eigenvalue weighted by Gasteiger charge is 2.52. The first-order valence-corrected chi connectivity index (χ1v) is 13.3. The minimum atomic E-state index is -0.921. The van der Waals surface area contributed by atoms with Gasteiger partial charge in [-0.1, -0.05) is 26.3 Å². The lowest BCUT2D eigenvalue weighted by Gasteiger charge is -2.30. The zero-order valence-electron chi connectivity index (χ0n) is 21.6. The Morgan fingerprint density at radius 1 is 1.29 bits per heavy atom. The van der Waals surface area contributed by atoms with E-state index in [2.05, 4.69) is 11.9 Å². The van der Waals surface area contributed by atoms with Gasteiger partial charge in [0.05, 0.1) is 30.1 Å². The van der Waals surface area contributed by atoms with Gasteiger partial charge >= 0.3 is 5.97 Å². The molecule has 2 aliphatic heterocycles. The number of hydrogen-bond donors (Lipinski definition) is 2. The Kier molecular flexibility index (Phi) is 8.73. The van der Waals surface area contributed by atoms with E-state index in [0.29, 0.717) is 17.1 Å². The molecule has 1 saturated heterocycles. The van der Waals surface area contributed by atoms with E-state index in [9.17, 15) is 19.8 Å². The number of allylic oxidation sites excluding steroid dienone is 1. The van der Waals surface area contributed by atoms with Crippen LogP contribution in [0.15, 0.2) is 23.1 Å². The van der Waals surface area contributed by atoms with E-state index in [1.807, 2.05) is 25.3 Å². The summed E-state index contributed by atoms with van der Waals surface area (Å²) in [5.41, 5.74) is 0.330. The van der Waals surface area contributed by atoms with Crippen molar-refractivity contribution in [1.82, 2.24) is 4.98 Å². The molecule has 0 saturated carbocycles. The van der Waals surface area contributed by atoms with E-state index < -0.39 is 29.5 Å². The number of thiazole rings is 1. The standard InChI is InChI=1S/C27H39NO6S/c1-16-8-7-10-27(6)21(34-27)13-20(17(2)12-19-15-35-22(14-29)28-19)33-23(30)9-11-26(4,5)25(32)18(3)24(16)31/h9,11-12,15-16,18,20-21,24,29,31H,7-8,10,13-14H2,1-6H3/t16-,18+,20?,21?,24-,27+/m0/s1. The molecule has 35 heavy (non-hydrogen) atoms. The topological polar surface area (TPSA) is 109 Å². The summed E-state index contributed by atoms with van der Waals surface area (Å²) in [7, 11) is 0.